The molecular formula is C11H14BrNO2. The lowest BCUT2D eigenvalue weighted by Crippen LogP contribution is -2.09. The van der Waals surface area contributed by atoms with Crippen LogP contribution in [0.5, 0.6) is 5.75 Å². The zero-order valence-electron chi connectivity index (χ0n) is 8.84. The maximum atomic E-state index is 11.7. The Bertz CT molecular complexity index is 377. The number of methoxy groups -OCH3 is 1. The van der Waals surface area contributed by atoms with E-state index in [4.69, 9.17) is 10.5 Å². The Balaban J connectivity index is 3.17. The van der Waals surface area contributed by atoms with E-state index in [-0.39, 0.29) is 5.78 Å². The molecule has 0 spiro atoms. The largest absolute Gasteiger partial charge is 0.496 e. The Morgan fingerprint density at radius 3 is 2.73 bits per heavy atom. The van der Waals surface area contributed by atoms with Crippen molar-refractivity contribution >= 4 is 21.7 Å². The molecule has 4 heteroatoms. The van der Waals surface area contributed by atoms with Gasteiger partial charge in [-0.15, -0.1) is 0 Å². The first-order valence-corrected chi connectivity index (χ1v) is 5.46. The summed E-state index contributed by atoms with van der Waals surface area (Å²) in [4.78, 5) is 11.7. The molecule has 0 heterocycles. The van der Waals surface area contributed by atoms with E-state index in [1.165, 1.54) is 0 Å². The van der Waals surface area contributed by atoms with Crippen LogP contribution in [-0.4, -0.2) is 19.4 Å². The number of carbonyl (C=O) groups is 1. The molecule has 2 N–H and O–H groups in total. The van der Waals surface area contributed by atoms with Gasteiger partial charge in [0.05, 0.1) is 11.6 Å². The molecule has 0 saturated heterocycles. The Labute approximate surface area is 97.7 Å². The van der Waals surface area contributed by atoms with Crippen LogP contribution in [0.1, 0.15) is 22.3 Å². The summed E-state index contributed by atoms with van der Waals surface area (Å²) in [5.74, 6) is 0.710. The minimum atomic E-state index is 0.0337. The summed E-state index contributed by atoms with van der Waals surface area (Å²) < 4.78 is 5.87. The lowest BCUT2D eigenvalue weighted by Gasteiger charge is -2.09. The first-order valence-electron chi connectivity index (χ1n) is 4.67. The number of ether oxygens (including phenoxy) is 1. The van der Waals surface area contributed by atoms with Gasteiger partial charge < -0.3 is 10.5 Å². The first-order chi connectivity index (χ1) is 7.10. The molecule has 0 bridgehead atoms. The third-order valence-electron chi connectivity index (χ3n) is 2.08. The predicted octanol–water partition coefficient (Wildman–Crippen LogP) is 2.30. The van der Waals surface area contributed by atoms with Gasteiger partial charge in [0.2, 0.25) is 0 Å². The van der Waals surface area contributed by atoms with E-state index in [2.05, 4.69) is 15.9 Å². The molecule has 0 aliphatic rings. The molecule has 0 aromatic heterocycles. The number of hydrogen-bond donors (Lipinski definition) is 1. The van der Waals surface area contributed by atoms with Crippen LogP contribution in [0.4, 0.5) is 0 Å². The van der Waals surface area contributed by atoms with Crippen molar-refractivity contribution in [3.8, 4) is 5.75 Å². The maximum Gasteiger partial charge on any atom is 0.165 e. The van der Waals surface area contributed by atoms with E-state index < -0.39 is 0 Å². The van der Waals surface area contributed by atoms with E-state index in [0.29, 0.717) is 28.8 Å². The smallest absolute Gasteiger partial charge is 0.165 e. The fraction of sp³-hybridized carbons (Fsp3) is 0.364. The lowest BCUT2D eigenvalue weighted by atomic mass is 10.1. The monoisotopic (exact) mass is 271 g/mol. The van der Waals surface area contributed by atoms with Crippen molar-refractivity contribution in [3.05, 3.63) is 27.7 Å². The minimum Gasteiger partial charge on any atom is -0.496 e. The predicted molar refractivity (Wildman–Crippen MR) is 63.4 cm³/mol. The van der Waals surface area contributed by atoms with Crippen molar-refractivity contribution in [1.82, 2.24) is 0 Å². The summed E-state index contributed by atoms with van der Waals surface area (Å²) in [6.45, 7) is 2.29. The van der Waals surface area contributed by atoms with Gasteiger partial charge in [-0.3, -0.25) is 4.79 Å². The van der Waals surface area contributed by atoms with Crippen LogP contribution in [0, 0.1) is 6.92 Å². The number of halogens is 1. The second kappa shape index (κ2) is 5.28. The second-order valence-corrected chi connectivity index (χ2v) is 4.08. The van der Waals surface area contributed by atoms with Crippen LogP contribution < -0.4 is 10.5 Å². The summed E-state index contributed by atoms with van der Waals surface area (Å²) in [5, 5.41) is 0. The maximum absolute atomic E-state index is 11.7. The average molecular weight is 272 g/mol. The molecule has 82 valence electrons. The first kappa shape index (κ1) is 12.2. The van der Waals surface area contributed by atoms with Gasteiger partial charge in [-0.05, 0) is 47.1 Å². The topological polar surface area (TPSA) is 52.3 Å². The highest BCUT2D eigenvalue weighted by molar-refractivity contribution is 9.10. The standard InChI is InChI=1S/C11H14BrNO2/c1-7-5-8(9(14)3-4-13)11(12)10(6-7)15-2/h5-6H,3-4,13H2,1-2H3. The third-order valence-corrected chi connectivity index (χ3v) is 2.89. The van der Waals surface area contributed by atoms with E-state index >= 15 is 0 Å². The number of Topliss-reactive ketones (excluding diaryl/α,β-unsaturated/α-hetero) is 1. The molecule has 0 amide bonds. The van der Waals surface area contributed by atoms with Gasteiger partial charge in [0, 0.05) is 12.0 Å². The van der Waals surface area contributed by atoms with Crippen LogP contribution in [0.25, 0.3) is 0 Å². The van der Waals surface area contributed by atoms with Crippen LogP contribution >= 0.6 is 15.9 Å². The van der Waals surface area contributed by atoms with Gasteiger partial charge in [0.1, 0.15) is 5.75 Å². The fourth-order valence-electron chi connectivity index (χ4n) is 1.35. The van der Waals surface area contributed by atoms with Crippen LogP contribution in [0.3, 0.4) is 0 Å². The Kier molecular flexibility index (Phi) is 4.29. The molecule has 3 nitrogen and oxygen atoms in total. The SMILES string of the molecule is COc1cc(C)cc(C(=O)CCN)c1Br. The third kappa shape index (κ3) is 2.79. The highest BCUT2D eigenvalue weighted by Gasteiger charge is 2.13. The highest BCUT2D eigenvalue weighted by atomic mass is 79.9. The second-order valence-electron chi connectivity index (χ2n) is 3.29. The fourth-order valence-corrected chi connectivity index (χ4v) is 1.96. The number of hydrogen-bond acceptors (Lipinski definition) is 3. The summed E-state index contributed by atoms with van der Waals surface area (Å²) >= 11 is 3.36. The van der Waals surface area contributed by atoms with Crippen molar-refractivity contribution in [1.29, 1.82) is 0 Å². The Hall–Kier alpha value is -0.870. The Morgan fingerprint density at radius 2 is 2.20 bits per heavy atom. The number of aryl methyl sites for hydroxylation is 1. The van der Waals surface area contributed by atoms with Crippen molar-refractivity contribution in [2.45, 2.75) is 13.3 Å². The van der Waals surface area contributed by atoms with Gasteiger partial charge in [0.15, 0.2) is 5.78 Å². The van der Waals surface area contributed by atoms with E-state index in [9.17, 15) is 4.79 Å². The summed E-state index contributed by atoms with van der Waals surface area (Å²) in [7, 11) is 1.58. The molecule has 1 aromatic rings. The summed E-state index contributed by atoms with van der Waals surface area (Å²) in [6.07, 6.45) is 0.352. The van der Waals surface area contributed by atoms with Gasteiger partial charge >= 0.3 is 0 Å². The molecule has 0 aliphatic heterocycles. The summed E-state index contributed by atoms with van der Waals surface area (Å²) in [5.41, 5.74) is 6.99. The zero-order chi connectivity index (χ0) is 11.4. The number of nitrogens with two attached hydrogens (primary N) is 1. The van der Waals surface area contributed by atoms with Gasteiger partial charge in [0.25, 0.3) is 0 Å². The zero-order valence-corrected chi connectivity index (χ0v) is 10.4. The molecular weight excluding hydrogens is 258 g/mol. The van der Waals surface area contributed by atoms with Gasteiger partial charge in [-0.1, -0.05) is 0 Å². The average Bonchev–Trinajstić information content (AvgIpc) is 2.21. The molecule has 0 radical (unpaired) electrons. The summed E-state index contributed by atoms with van der Waals surface area (Å²) in [6, 6.07) is 3.72. The normalized spacial score (nSPS) is 10.1. The highest BCUT2D eigenvalue weighted by Crippen LogP contribution is 2.30. The van der Waals surface area contributed by atoms with Crippen LogP contribution in [0.2, 0.25) is 0 Å². The van der Waals surface area contributed by atoms with Gasteiger partial charge in [-0.25, -0.2) is 0 Å². The van der Waals surface area contributed by atoms with E-state index in [1.54, 1.807) is 7.11 Å². The quantitative estimate of drug-likeness (QED) is 0.855. The van der Waals surface area contributed by atoms with E-state index in [1.807, 2.05) is 19.1 Å². The molecule has 0 saturated carbocycles. The Morgan fingerprint density at radius 1 is 1.53 bits per heavy atom. The molecule has 15 heavy (non-hydrogen) atoms. The van der Waals surface area contributed by atoms with Crippen molar-refractivity contribution in [2.24, 2.45) is 5.73 Å². The van der Waals surface area contributed by atoms with Gasteiger partial charge in [-0.2, -0.15) is 0 Å². The number of benzene rings is 1. The number of ketones is 1. The molecule has 0 unspecified atom stereocenters. The van der Waals surface area contributed by atoms with Crippen molar-refractivity contribution in [3.63, 3.8) is 0 Å². The molecule has 0 aliphatic carbocycles. The molecule has 0 fully saturated rings. The number of rotatable bonds is 4. The molecule has 1 aromatic carbocycles. The van der Waals surface area contributed by atoms with Crippen molar-refractivity contribution in [2.75, 3.05) is 13.7 Å². The number of carbonyl (C=O) groups excluding carboxylic acids is 1. The van der Waals surface area contributed by atoms with Crippen molar-refractivity contribution < 1.29 is 9.53 Å². The molecule has 0 atom stereocenters. The van der Waals surface area contributed by atoms with Crippen LogP contribution in [-0.2, 0) is 0 Å². The molecule has 1 rings (SSSR count). The van der Waals surface area contributed by atoms with Crippen LogP contribution in [0.15, 0.2) is 16.6 Å². The minimum absolute atomic E-state index is 0.0337. The van der Waals surface area contributed by atoms with E-state index in [0.717, 1.165) is 5.56 Å². The lowest BCUT2D eigenvalue weighted by molar-refractivity contribution is 0.0984.